The molecule has 0 fully saturated rings. The Morgan fingerprint density at radius 2 is 1.67 bits per heavy atom. The van der Waals surface area contributed by atoms with Gasteiger partial charge in [0.2, 0.25) is 0 Å². The van der Waals surface area contributed by atoms with Crippen LogP contribution in [-0.4, -0.2) is 19.5 Å². The van der Waals surface area contributed by atoms with Crippen LogP contribution in [0.4, 0.5) is 0 Å². The van der Waals surface area contributed by atoms with Crippen LogP contribution in [0.2, 0.25) is 0 Å². The SMILES string of the molecule is CCC(CC)COCOC(C)C. The minimum absolute atomic E-state index is 0.270. The quantitative estimate of drug-likeness (QED) is 0.436. The highest BCUT2D eigenvalue weighted by molar-refractivity contribution is 4.51. The van der Waals surface area contributed by atoms with Crippen molar-refractivity contribution in [1.29, 1.82) is 0 Å². The van der Waals surface area contributed by atoms with Gasteiger partial charge in [-0.3, -0.25) is 0 Å². The topological polar surface area (TPSA) is 18.5 Å². The minimum Gasteiger partial charge on any atom is -0.355 e. The molecule has 0 heterocycles. The van der Waals surface area contributed by atoms with E-state index in [2.05, 4.69) is 13.8 Å². The summed E-state index contributed by atoms with van der Waals surface area (Å²) < 4.78 is 10.6. The van der Waals surface area contributed by atoms with Crippen molar-refractivity contribution in [2.24, 2.45) is 5.92 Å². The monoisotopic (exact) mass is 174 g/mol. The van der Waals surface area contributed by atoms with Crippen molar-refractivity contribution < 1.29 is 9.47 Å². The van der Waals surface area contributed by atoms with Crippen LogP contribution in [0.1, 0.15) is 40.5 Å². The van der Waals surface area contributed by atoms with Gasteiger partial charge in [-0.05, 0) is 19.8 Å². The van der Waals surface area contributed by atoms with E-state index >= 15 is 0 Å². The van der Waals surface area contributed by atoms with Gasteiger partial charge in [-0.1, -0.05) is 26.7 Å². The van der Waals surface area contributed by atoms with Gasteiger partial charge in [0.05, 0.1) is 12.7 Å². The molecule has 2 nitrogen and oxygen atoms in total. The maximum atomic E-state index is 5.37. The predicted octanol–water partition coefficient (Wildman–Crippen LogP) is 2.82. The van der Waals surface area contributed by atoms with Gasteiger partial charge < -0.3 is 9.47 Å². The zero-order valence-corrected chi connectivity index (χ0v) is 8.80. The molecule has 0 atom stereocenters. The van der Waals surface area contributed by atoms with Crippen LogP contribution in [0, 0.1) is 5.92 Å². The molecule has 0 aliphatic rings. The maximum Gasteiger partial charge on any atom is 0.147 e. The molecule has 0 aromatic rings. The average Bonchev–Trinajstić information content (AvgIpc) is 2.04. The third-order valence-electron chi connectivity index (χ3n) is 1.99. The average molecular weight is 174 g/mol. The predicted molar refractivity (Wildman–Crippen MR) is 51.1 cm³/mol. The standard InChI is InChI=1S/C10H22O2/c1-5-10(6-2)7-11-8-12-9(3)4/h9-10H,5-8H2,1-4H3. The highest BCUT2D eigenvalue weighted by Gasteiger charge is 2.02. The summed E-state index contributed by atoms with van der Waals surface area (Å²) in [6, 6.07) is 0. The zero-order valence-electron chi connectivity index (χ0n) is 8.80. The van der Waals surface area contributed by atoms with Crippen LogP contribution in [0.3, 0.4) is 0 Å². The Kier molecular flexibility index (Phi) is 7.51. The van der Waals surface area contributed by atoms with Crippen molar-refractivity contribution in [3.63, 3.8) is 0 Å². The van der Waals surface area contributed by atoms with Gasteiger partial charge in [0.25, 0.3) is 0 Å². The molecule has 0 aromatic carbocycles. The smallest absolute Gasteiger partial charge is 0.147 e. The fraction of sp³-hybridized carbons (Fsp3) is 1.00. The van der Waals surface area contributed by atoms with Crippen molar-refractivity contribution in [2.75, 3.05) is 13.4 Å². The summed E-state index contributed by atoms with van der Waals surface area (Å²) >= 11 is 0. The number of hydrogen-bond donors (Lipinski definition) is 0. The van der Waals surface area contributed by atoms with Crippen LogP contribution in [0.25, 0.3) is 0 Å². The molecule has 12 heavy (non-hydrogen) atoms. The molecular weight excluding hydrogens is 152 g/mol. The second-order valence-corrected chi connectivity index (χ2v) is 3.39. The molecule has 2 heteroatoms. The van der Waals surface area contributed by atoms with Gasteiger partial charge in [-0.15, -0.1) is 0 Å². The summed E-state index contributed by atoms with van der Waals surface area (Å²) in [6.07, 6.45) is 2.66. The van der Waals surface area contributed by atoms with Crippen molar-refractivity contribution in [1.82, 2.24) is 0 Å². The van der Waals surface area contributed by atoms with E-state index in [0.29, 0.717) is 12.7 Å². The lowest BCUT2D eigenvalue weighted by molar-refractivity contribution is -0.0875. The van der Waals surface area contributed by atoms with Gasteiger partial charge >= 0.3 is 0 Å². The maximum absolute atomic E-state index is 5.37. The van der Waals surface area contributed by atoms with Crippen molar-refractivity contribution in [2.45, 2.75) is 46.6 Å². The molecule has 0 bridgehead atoms. The van der Waals surface area contributed by atoms with Crippen molar-refractivity contribution >= 4 is 0 Å². The van der Waals surface area contributed by atoms with Crippen LogP contribution in [0.15, 0.2) is 0 Å². The Labute approximate surface area is 76.3 Å². The minimum atomic E-state index is 0.270. The van der Waals surface area contributed by atoms with Crippen LogP contribution in [0.5, 0.6) is 0 Å². The van der Waals surface area contributed by atoms with E-state index in [-0.39, 0.29) is 6.10 Å². The highest BCUT2D eigenvalue weighted by Crippen LogP contribution is 2.07. The van der Waals surface area contributed by atoms with Gasteiger partial charge in [-0.2, -0.15) is 0 Å². The van der Waals surface area contributed by atoms with E-state index in [1.165, 1.54) is 12.8 Å². The molecule has 0 spiro atoms. The fourth-order valence-corrected chi connectivity index (χ4v) is 0.923. The number of hydrogen-bond acceptors (Lipinski definition) is 2. The van der Waals surface area contributed by atoms with Gasteiger partial charge in [0.15, 0.2) is 0 Å². The Hall–Kier alpha value is -0.0800. The number of ether oxygens (including phenoxy) is 2. The molecule has 0 amide bonds. The second kappa shape index (κ2) is 7.56. The molecule has 0 rings (SSSR count). The fourth-order valence-electron chi connectivity index (χ4n) is 0.923. The molecular formula is C10H22O2. The Morgan fingerprint density at radius 3 is 2.08 bits per heavy atom. The van der Waals surface area contributed by atoms with E-state index in [1.807, 2.05) is 13.8 Å². The van der Waals surface area contributed by atoms with Crippen LogP contribution in [-0.2, 0) is 9.47 Å². The summed E-state index contributed by atoms with van der Waals surface area (Å²) in [4.78, 5) is 0. The summed E-state index contributed by atoms with van der Waals surface area (Å²) in [5, 5.41) is 0. The highest BCUT2D eigenvalue weighted by atomic mass is 16.7. The van der Waals surface area contributed by atoms with Crippen molar-refractivity contribution in [3.8, 4) is 0 Å². The first-order chi connectivity index (χ1) is 5.70. The van der Waals surface area contributed by atoms with Gasteiger partial charge in [0, 0.05) is 0 Å². The van der Waals surface area contributed by atoms with E-state index in [1.54, 1.807) is 0 Å². The number of rotatable bonds is 7. The van der Waals surface area contributed by atoms with E-state index in [4.69, 9.17) is 9.47 Å². The second-order valence-electron chi connectivity index (χ2n) is 3.39. The van der Waals surface area contributed by atoms with Gasteiger partial charge in [-0.25, -0.2) is 0 Å². The first-order valence-electron chi connectivity index (χ1n) is 4.90. The van der Waals surface area contributed by atoms with E-state index in [0.717, 1.165) is 6.61 Å². The Balaban J connectivity index is 3.17. The lowest BCUT2D eigenvalue weighted by Gasteiger charge is -2.13. The third-order valence-corrected chi connectivity index (χ3v) is 1.99. The molecule has 0 aliphatic heterocycles. The van der Waals surface area contributed by atoms with E-state index < -0.39 is 0 Å². The van der Waals surface area contributed by atoms with E-state index in [9.17, 15) is 0 Å². The molecule has 0 aromatic heterocycles. The molecule has 0 aliphatic carbocycles. The first-order valence-corrected chi connectivity index (χ1v) is 4.90. The third kappa shape index (κ3) is 6.62. The van der Waals surface area contributed by atoms with Crippen molar-refractivity contribution in [3.05, 3.63) is 0 Å². The summed E-state index contributed by atoms with van der Waals surface area (Å²) in [6.45, 7) is 9.69. The lowest BCUT2D eigenvalue weighted by Crippen LogP contribution is -2.12. The molecule has 0 radical (unpaired) electrons. The zero-order chi connectivity index (χ0) is 9.40. The first kappa shape index (κ1) is 11.9. The molecule has 0 N–H and O–H groups in total. The molecule has 0 saturated carbocycles. The van der Waals surface area contributed by atoms with Crippen LogP contribution >= 0.6 is 0 Å². The lowest BCUT2D eigenvalue weighted by atomic mass is 10.1. The Morgan fingerprint density at radius 1 is 1.08 bits per heavy atom. The summed E-state index contributed by atoms with van der Waals surface area (Å²) in [5.41, 5.74) is 0. The molecule has 74 valence electrons. The van der Waals surface area contributed by atoms with Crippen LogP contribution < -0.4 is 0 Å². The normalized spacial score (nSPS) is 11.5. The largest absolute Gasteiger partial charge is 0.355 e. The summed E-state index contributed by atoms with van der Waals surface area (Å²) in [5.74, 6) is 0.695. The summed E-state index contributed by atoms with van der Waals surface area (Å²) in [7, 11) is 0. The Bertz CT molecular complexity index is 87.8. The molecule has 0 saturated heterocycles. The van der Waals surface area contributed by atoms with Gasteiger partial charge in [0.1, 0.15) is 6.79 Å². The molecule has 0 unspecified atom stereocenters.